The van der Waals surface area contributed by atoms with E-state index in [1.165, 1.54) is 10.6 Å². The number of fused-ring (bicyclic) bond motifs is 1. The lowest BCUT2D eigenvalue weighted by atomic mass is 10.3. The number of aromatic nitrogens is 1. The Kier molecular flexibility index (Phi) is 1.76. The van der Waals surface area contributed by atoms with Gasteiger partial charge in [-0.25, -0.2) is 8.42 Å². The molecule has 0 aliphatic carbocycles. The molecule has 1 aliphatic heterocycles. The zero-order valence-electron chi connectivity index (χ0n) is 7.27. The third-order valence-electron chi connectivity index (χ3n) is 2.09. The summed E-state index contributed by atoms with van der Waals surface area (Å²) in [5, 5.41) is 0. The number of hydrogen-bond acceptors (Lipinski definition) is 3. The highest BCUT2D eigenvalue weighted by Gasteiger charge is 2.26. The number of pyridine rings is 1. The first-order valence-electron chi connectivity index (χ1n) is 4.00. The summed E-state index contributed by atoms with van der Waals surface area (Å²) < 4.78 is 24.0. The van der Waals surface area contributed by atoms with Crippen molar-refractivity contribution in [2.24, 2.45) is 0 Å². The van der Waals surface area contributed by atoms with Crippen molar-refractivity contribution in [3.8, 4) is 0 Å². The van der Waals surface area contributed by atoms with Gasteiger partial charge in [-0.15, -0.1) is 0 Å². The molecule has 0 N–H and O–H groups in total. The molecular weight excluding hydrogens is 188 g/mol. The molecule has 0 bridgehead atoms. The molecule has 1 aliphatic rings. The van der Waals surface area contributed by atoms with Crippen molar-refractivity contribution >= 4 is 15.7 Å². The largest absolute Gasteiger partial charge is 0.268 e. The van der Waals surface area contributed by atoms with Crippen LogP contribution in [0.2, 0.25) is 0 Å². The molecule has 2 heterocycles. The fourth-order valence-corrected chi connectivity index (χ4v) is 2.47. The summed E-state index contributed by atoms with van der Waals surface area (Å²) in [5.41, 5.74) is 1.60. The average molecular weight is 198 g/mol. The monoisotopic (exact) mass is 198 g/mol. The molecule has 0 fully saturated rings. The number of rotatable bonds is 1. The summed E-state index contributed by atoms with van der Waals surface area (Å²) in [6, 6.07) is 3.54. The maximum Gasteiger partial charge on any atom is 0.232 e. The van der Waals surface area contributed by atoms with Gasteiger partial charge in [-0.2, -0.15) is 0 Å². The normalized spacial score (nSPS) is 15.9. The zero-order valence-corrected chi connectivity index (χ0v) is 8.08. The summed E-state index contributed by atoms with van der Waals surface area (Å²) in [7, 11) is -3.12. The minimum Gasteiger partial charge on any atom is -0.268 e. The summed E-state index contributed by atoms with van der Waals surface area (Å²) in [6.07, 6.45) is 3.61. The van der Waals surface area contributed by atoms with Gasteiger partial charge in [0, 0.05) is 19.2 Å². The quantitative estimate of drug-likeness (QED) is 0.656. The van der Waals surface area contributed by atoms with Crippen molar-refractivity contribution in [3.05, 3.63) is 24.0 Å². The van der Waals surface area contributed by atoms with Gasteiger partial charge in [0.15, 0.2) is 0 Å². The van der Waals surface area contributed by atoms with E-state index < -0.39 is 10.0 Å². The van der Waals surface area contributed by atoms with Crippen molar-refractivity contribution in [2.45, 2.75) is 6.42 Å². The van der Waals surface area contributed by atoms with Crippen LogP contribution >= 0.6 is 0 Å². The third-order valence-corrected chi connectivity index (χ3v) is 3.27. The van der Waals surface area contributed by atoms with Gasteiger partial charge >= 0.3 is 0 Å². The van der Waals surface area contributed by atoms with E-state index in [4.69, 9.17) is 0 Å². The molecule has 5 heteroatoms. The number of sulfonamides is 1. The highest BCUT2D eigenvalue weighted by atomic mass is 32.2. The third kappa shape index (κ3) is 1.39. The Morgan fingerprint density at radius 3 is 3.00 bits per heavy atom. The molecule has 0 aromatic carbocycles. The van der Waals surface area contributed by atoms with E-state index >= 15 is 0 Å². The van der Waals surface area contributed by atoms with Crippen LogP contribution in [-0.4, -0.2) is 26.2 Å². The van der Waals surface area contributed by atoms with Crippen LogP contribution < -0.4 is 4.31 Å². The van der Waals surface area contributed by atoms with Crippen molar-refractivity contribution in [3.63, 3.8) is 0 Å². The Bertz CT molecular complexity index is 428. The van der Waals surface area contributed by atoms with Crippen LogP contribution in [-0.2, 0) is 16.4 Å². The minimum atomic E-state index is -3.12. The second-order valence-corrected chi connectivity index (χ2v) is 4.96. The van der Waals surface area contributed by atoms with Gasteiger partial charge in [-0.3, -0.25) is 9.29 Å². The topological polar surface area (TPSA) is 50.3 Å². The van der Waals surface area contributed by atoms with E-state index in [0.29, 0.717) is 13.0 Å². The van der Waals surface area contributed by atoms with Gasteiger partial charge in [0.05, 0.1) is 17.6 Å². The Morgan fingerprint density at radius 1 is 1.54 bits per heavy atom. The van der Waals surface area contributed by atoms with Gasteiger partial charge in [0.2, 0.25) is 10.0 Å². The second-order valence-electron chi connectivity index (χ2n) is 3.05. The molecule has 0 saturated heterocycles. The SMILES string of the molecule is CS(=O)(=O)N1CCc2ncccc21. The van der Waals surface area contributed by atoms with Crippen LogP contribution in [0, 0.1) is 0 Å². The van der Waals surface area contributed by atoms with Crippen molar-refractivity contribution in [2.75, 3.05) is 17.1 Å². The van der Waals surface area contributed by atoms with E-state index in [-0.39, 0.29) is 0 Å². The summed E-state index contributed by atoms with van der Waals surface area (Å²) in [6.45, 7) is 0.519. The molecule has 1 aromatic heterocycles. The molecule has 70 valence electrons. The number of nitrogens with zero attached hydrogens (tertiary/aromatic N) is 2. The average Bonchev–Trinajstić information content (AvgIpc) is 2.45. The van der Waals surface area contributed by atoms with Crippen LogP contribution in [0.25, 0.3) is 0 Å². The molecule has 4 nitrogen and oxygen atoms in total. The first-order valence-corrected chi connectivity index (χ1v) is 5.85. The maximum absolute atomic E-state index is 11.3. The van der Waals surface area contributed by atoms with Gasteiger partial charge in [0.1, 0.15) is 0 Å². The number of anilines is 1. The van der Waals surface area contributed by atoms with Gasteiger partial charge in [0.25, 0.3) is 0 Å². The lowest BCUT2D eigenvalue weighted by molar-refractivity contribution is 0.598. The van der Waals surface area contributed by atoms with Gasteiger partial charge in [-0.05, 0) is 12.1 Å². The second kappa shape index (κ2) is 2.70. The van der Waals surface area contributed by atoms with Crippen LogP contribution in [0.5, 0.6) is 0 Å². The summed E-state index contributed by atoms with van der Waals surface area (Å²) in [4.78, 5) is 4.12. The molecular formula is C8H10N2O2S. The fraction of sp³-hybridized carbons (Fsp3) is 0.375. The van der Waals surface area contributed by atoms with Crippen molar-refractivity contribution in [1.29, 1.82) is 0 Å². The van der Waals surface area contributed by atoms with Crippen LogP contribution in [0.15, 0.2) is 18.3 Å². The highest BCUT2D eigenvalue weighted by molar-refractivity contribution is 7.92. The predicted octanol–water partition coefficient (Wildman–Crippen LogP) is 0.404. The standard InChI is InChI=1S/C8H10N2O2S/c1-13(11,12)10-6-4-7-8(10)3-2-5-9-7/h2-3,5H,4,6H2,1H3. The van der Waals surface area contributed by atoms with Crippen LogP contribution in [0.3, 0.4) is 0 Å². The lowest BCUT2D eigenvalue weighted by Gasteiger charge is -2.15. The van der Waals surface area contributed by atoms with Gasteiger partial charge in [-0.1, -0.05) is 0 Å². The summed E-state index contributed by atoms with van der Waals surface area (Å²) >= 11 is 0. The summed E-state index contributed by atoms with van der Waals surface area (Å²) in [5.74, 6) is 0. The molecule has 0 saturated carbocycles. The van der Waals surface area contributed by atoms with Crippen molar-refractivity contribution < 1.29 is 8.42 Å². The highest BCUT2D eigenvalue weighted by Crippen LogP contribution is 2.27. The predicted molar refractivity (Wildman–Crippen MR) is 50.1 cm³/mol. The van der Waals surface area contributed by atoms with Gasteiger partial charge < -0.3 is 0 Å². The molecule has 0 unspecified atom stereocenters. The molecule has 0 atom stereocenters. The number of hydrogen-bond donors (Lipinski definition) is 0. The van der Waals surface area contributed by atoms with E-state index in [1.54, 1.807) is 18.3 Å². The van der Waals surface area contributed by atoms with E-state index in [2.05, 4.69) is 4.98 Å². The first-order chi connectivity index (χ1) is 6.09. The Hall–Kier alpha value is -1.10. The maximum atomic E-state index is 11.3. The molecule has 2 rings (SSSR count). The Balaban J connectivity index is 2.51. The lowest BCUT2D eigenvalue weighted by Crippen LogP contribution is -2.27. The fourth-order valence-electron chi connectivity index (χ4n) is 1.52. The van der Waals surface area contributed by atoms with E-state index in [1.807, 2.05) is 0 Å². The molecule has 0 amide bonds. The van der Waals surface area contributed by atoms with Crippen molar-refractivity contribution in [1.82, 2.24) is 4.98 Å². The molecule has 0 radical (unpaired) electrons. The Morgan fingerprint density at radius 2 is 2.31 bits per heavy atom. The smallest absolute Gasteiger partial charge is 0.232 e. The van der Waals surface area contributed by atoms with Crippen LogP contribution in [0.4, 0.5) is 5.69 Å². The molecule has 13 heavy (non-hydrogen) atoms. The zero-order chi connectivity index (χ0) is 9.47. The Labute approximate surface area is 77.3 Å². The van der Waals surface area contributed by atoms with E-state index in [9.17, 15) is 8.42 Å². The van der Waals surface area contributed by atoms with E-state index in [0.717, 1.165) is 11.4 Å². The van der Waals surface area contributed by atoms with Crippen LogP contribution in [0.1, 0.15) is 5.69 Å². The minimum absolute atomic E-state index is 0.519. The molecule has 1 aromatic rings. The first kappa shape index (κ1) is 8.50. The molecule has 0 spiro atoms.